The molecule has 0 bridgehead atoms. The number of hydrogen-bond donors (Lipinski definition) is 2. The lowest BCUT2D eigenvalue weighted by Crippen LogP contribution is -2.49. The third-order valence-corrected chi connectivity index (χ3v) is 4.10. The first-order valence-corrected chi connectivity index (χ1v) is 7.78. The largest absolute Gasteiger partial charge is 0.427 e. The molecular formula is C17H26N2O3. The molecule has 0 unspecified atom stereocenters. The number of piperazine rings is 1. The van der Waals surface area contributed by atoms with Crippen LogP contribution >= 0.6 is 0 Å². The Morgan fingerprint density at radius 2 is 2.09 bits per heavy atom. The third kappa shape index (κ3) is 4.06. The fourth-order valence-corrected chi connectivity index (χ4v) is 3.10. The number of carbonyl (C=O) groups is 1. The number of nitrogens with one attached hydrogen (secondary N) is 1. The topological polar surface area (TPSA) is 61.8 Å². The Morgan fingerprint density at radius 1 is 1.41 bits per heavy atom. The summed E-state index contributed by atoms with van der Waals surface area (Å²) in [7, 11) is 0. The van der Waals surface area contributed by atoms with Crippen LogP contribution in [0.1, 0.15) is 32.4 Å². The zero-order valence-electron chi connectivity index (χ0n) is 13.6. The van der Waals surface area contributed by atoms with E-state index in [-0.39, 0.29) is 24.0 Å². The van der Waals surface area contributed by atoms with Crippen LogP contribution in [0, 0.1) is 5.41 Å². The van der Waals surface area contributed by atoms with Crippen molar-refractivity contribution in [2.75, 3.05) is 32.8 Å². The highest BCUT2D eigenvalue weighted by Gasteiger charge is 2.35. The van der Waals surface area contributed by atoms with Crippen LogP contribution in [0.15, 0.2) is 24.3 Å². The van der Waals surface area contributed by atoms with E-state index in [4.69, 9.17) is 4.74 Å². The van der Waals surface area contributed by atoms with Crippen LogP contribution in [-0.2, 0) is 4.79 Å². The van der Waals surface area contributed by atoms with Gasteiger partial charge in [-0.3, -0.25) is 9.69 Å². The van der Waals surface area contributed by atoms with Crippen molar-refractivity contribution >= 4 is 5.97 Å². The monoisotopic (exact) mass is 306 g/mol. The molecule has 0 saturated carbocycles. The average Bonchev–Trinajstić information content (AvgIpc) is 2.48. The SMILES string of the molecule is CC(=O)Oc1cccc([C@@H](N2CCNCC2)C(C)(C)CO)c1. The van der Waals surface area contributed by atoms with Gasteiger partial charge in [-0.1, -0.05) is 26.0 Å². The first kappa shape index (κ1) is 16.9. The molecule has 0 aliphatic carbocycles. The zero-order chi connectivity index (χ0) is 16.2. The van der Waals surface area contributed by atoms with Crippen molar-refractivity contribution < 1.29 is 14.6 Å². The second-order valence-electron chi connectivity index (χ2n) is 6.50. The second kappa shape index (κ2) is 7.22. The number of nitrogens with zero attached hydrogens (tertiary/aromatic N) is 1. The lowest BCUT2D eigenvalue weighted by atomic mass is 9.79. The molecule has 5 nitrogen and oxygen atoms in total. The summed E-state index contributed by atoms with van der Waals surface area (Å²) in [6, 6.07) is 7.71. The number of carbonyl (C=O) groups excluding carboxylic acids is 1. The summed E-state index contributed by atoms with van der Waals surface area (Å²) in [6.45, 7) is 9.40. The zero-order valence-corrected chi connectivity index (χ0v) is 13.6. The quantitative estimate of drug-likeness (QED) is 0.639. The van der Waals surface area contributed by atoms with E-state index in [1.54, 1.807) is 6.07 Å². The van der Waals surface area contributed by atoms with E-state index in [1.807, 2.05) is 18.2 Å². The predicted molar refractivity (Wildman–Crippen MR) is 85.8 cm³/mol. The van der Waals surface area contributed by atoms with Crippen molar-refractivity contribution in [3.05, 3.63) is 29.8 Å². The van der Waals surface area contributed by atoms with Crippen molar-refractivity contribution in [1.82, 2.24) is 10.2 Å². The Morgan fingerprint density at radius 3 is 2.68 bits per heavy atom. The molecule has 1 fully saturated rings. The highest BCUT2D eigenvalue weighted by molar-refractivity contribution is 5.69. The summed E-state index contributed by atoms with van der Waals surface area (Å²) in [5, 5.41) is 13.2. The number of aliphatic hydroxyl groups excluding tert-OH is 1. The van der Waals surface area contributed by atoms with Crippen molar-refractivity contribution in [2.45, 2.75) is 26.8 Å². The normalized spacial score (nSPS) is 18.0. The first-order valence-electron chi connectivity index (χ1n) is 7.78. The Labute approximate surface area is 132 Å². The minimum atomic E-state index is -0.322. The summed E-state index contributed by atoms with van der Waals surface area (Å²) in [5.41, 5.74) is 0.784. The highest BCUT2D eigenvalue weighted by Crippen LogP contribution is 2.39. The van der Waals surface area contributed by atoms with Gasteiger partial charge in [0.05, 0.1) is 0 Å². The number of esters is 1. The Kier molecular flexibility index (Phi) is 5.56. The molecule has 5 heteroatoms. The molecule has 1 saturated heterocycles. The van der Waals surface area contributed by atoms with Crippen LogP contribution in [0.25, 0.3) is 0 Å². The molecule has 1 heterocycles. The summed E-state index contributed by atoms with van der Waals surface area (Å²) in [5.74, 6) is 0.233. The fourth-order valence-electron chi connectivity index (χ4n) is 3.10. The Hall–Kier alpha value is -1.43. The maximum absolute atomic E-state index is 11.2. The number of benzene rings is 1. The minimum absolute atomic E-state index is 0.0788. The summed E-state index contributed by atoms with van der Waals surface area (Å²) < 4.78 is 5.21. The van der Waals surface area contributed by atoms with Gasteiger partial charge < -0.3 is 15.2 Å². The van der Waals surface area contributed by atoms with Gasteiger partial charge in [-0.05, 0) is 17.7 Å². The molecule has 2 N–H and O–H groups in total. The van der Waals surface area contributed by atoms with Gasteiger partial charge in [0, 0.05) is 51.2 Å². The van der Waals surface area contributed by atoms with E-state index < -0.39 is 0 Å². The van der Waals surface area contributed by atoms with Crippen LogP contribution in [0.5, 0.6) is 5.75 Å². The van der Waals surface area contributed by atoms with E-state index in [0.29, 0.717) is 5.75 Å². The lowest BCUT2D eigenvalue weighted by molar-refractivity contribution is -0.131. The fraction of sp³-hybridized carbons (Fsp3) is 0.588. The molecule has 1 aliphatic rings. The van der Waals surface area contributed by atoms with Gasteiger partial charge in [-0.25, -0.2) is 0 Å². The van der Waals surface area contributed by atoms with Gasteiger partial charge >= 0.3 is 5.97 Å². The molecule has 1 aromatic carbocycles. The van der Waals surface area contributed by atoms with Crippen LogP contribution in [0.4, 0.5) is 0 Å². The smallest absolute Gasteiger partial charge is 0.308 e. The standard InChI is InChI=1S/C17H26N2O3/c1-13(21)22-15-6-4-5-14(11-15)16(17(2,3)12-20)19-9-7-18-8-10-19/h4-6,11,16,18,20H,7-10,12H2,1-3H3/t16-/m1/s1. The maximum atomic E-state index is 11.2. The molecule has 122 valence electrons. The molecule has 0 radical (unpaired) electrons. The van der Waals surface area contributed by atoms with Crippen molar-refractivity contribution in [3.63, 3.8) is 0 Å². The van der Waals surface area contributed by atoms with E-state index in [1.165, 1.54) is 6.92 Å². The van der Waals surface area contributed by atoms with Gasteiger partial charge in [0.1, 0.15) is 5.75 Å². The van der Waals surface area contributed by atoms with Gasteiger partial charge in [0.2, 0.25) is 0 Å². The van der Waals surface area contributed by atoms with Crippen LogP contribution in [-0.4, -0.2) is 48.8 Å². The van der Waals surface area contributed by atoms with Gasteiger partial charge in [0.25, 0.3) is 0 Å². The third-order valence-electron chi connectivity index (χ3n) is 4.10. The van der Waals surface area contributed by atoms with E-state index in [2.05, 4.69) is 24.1 Å². The first-order chi connectivity index (χ1) is 10.4. The predicted octanol–water partition coefficient (Wildman–Crippen LogP) is 1.58. The number of hydrogen-bond acceptors (Lipinski definition) is 5. The van der Waals surface area contributed by atoms with Gasteiger partial charge in [0.15, 0.2) is 0 Å². The van der Waals surface area contributed by atoms with Gasteiger partial charge in [-0.2, -0.15) is 0 Å². The molecule has 0 spiro atoms. The Balaban J connectivity index is 2.33. The summed E-state index contributed by atoms with van der Waals surface area (Å²) in [6.07, 6.45) is 0. The molecule has 22 heavy (non-hydrogen) atoms. The minimum Gasteiger partial charge on any atom is -0.427 e. The molecule has 1 atom stereocenters. The van der Waals surface area contributed by atoms with Gasteiger partial charge in [-0.15, -0.1) is 0 Å². The van der Waals surface area contributed by atoms with Crippen LogP contribution in [0.3, 0.4) is 0 Å². The lowest BCUT2D eigenvalue weighted by Gasteiger charge is -2.43. The van der Waals surface area contributed by atoms with Crippen LogP contribution < -0.4 is 10.1 Å². The average molecular weight is 306 g/mol. The van der Waals surface area contributed by atoms with Crippen molar-refractivity contribution in [2.24, 2.45) is 5.41 Å². The van der Waals surface area contributed by atoms with Crippen molar-refractivity contribution in [3.8, 4) is 5.75 Å². The van der Waals surface area contributed by atoms with E-state index >= 15 is 0 Å². The molecule has 1 aliphatic heterocycles. The highest BCUT2D eigenvalue weighted by atomic mass is 16.5. The molecular weight excluding hydrogens is 280 g/mol. The number of aliphatic hydroxyl groups is 1. The molecule has 1 aromatic rings. The molecule has 0 aromatic heterocycles. The van der Waals surface area contributed by atoms with Crippen LogP contribution in [0.2, 0.25) is 0 Å². The maximum Gasteiger partial charge on any atom is 0.308 e. The second-order valence-corrected chi connectivity index (χ2v) is 6.50. The Bertz CT molecular complexity index is 510. The molecule has 2 rings (SSSR count). The molecule has 0 amide bonds. The summed E-state index contributed by atoms with van der Waals surface area (Å²) >= 11 is 0. The van der Waals surface area contributed by atoms with E-state index in [9.17, 15) is 9.90 Å². The van der Waals surface area contributed by atoms with E-state index in [0.717, 1.165) is 31.7 Å². The number of ether oxygens (including phenoxy) is 1. The van der Waals surface area contributed by atoms with Crippen molar-refractivity contribution in [1.29, 1.82) is 0 Å². The summed E-state index contributed by atoms with van der Waals surface area (Å²) in [4.78, 5) is 13.6. The number of rotatable bonds is 5.